The van der Waals surface area contributed by atoms with Crippen LogP contribution in [0.1, 0.15) is 25.0 Å². The smallest absolute Gasteiger partial charge is 0.0948 e. The number of hydrogen-bond donors (Lipinski definition) is 2. The first kappa shape index (κ1) is 16.2. The first-order valence-electron chi connectivity index (χ1n) is 7.42. The predicted molar refractivity (Wildman–Crippen MR) is 81.5 cm³/mol. The van der Waals surface area contributed by atoms with Gasteiger partial charge >= 0.3 is 0 Å². The van der Waals surface area contributed by atoms with E-state index in [4.69, 9.17) is 9.47 Å². The van der Waals surface area contributed by atoms with E-state index in [1.807, 2.05) is 31.2 Å². The zero-order valence-electron chi connectivity index (χ0n) is 12.7. The molecule has 0 radical (unpaired) electrons. The minimum absolute atomic E-state index is 0.0277. The van der Waals surface area contributed by atoms with Crippen molar-refractivity contribution in [1.29, 1.82) is 0 Å². The quantitative estimate of drug-likeness (QED) is 0.795. The molecule has 1 aromatic rings. The minimum atomic E-state index is -0.562. The number of methoxy groups -OCH3 is 1. The molecule has 5 heteroatoms. The average molecular weight is 295 g/mol. The summed E-state index contributed by atoms with van der Waals surface area (Å²) in [5.41, 5.74) is 1.94. The summed E-state index contributed by atoms with van der Waals surface area (Å²) in [6.45, 7) is 3.96. The normalized spacial score (nSPS) is 21.0. The molecule has 21 heavy (non-hydrogen) atoms. The van der Waals surface area contributed by atoms with Gasteiger partial charge in [-0.05, 0) is 19.4 Å². The number of benzene rings is 1. The molecule has 1 aliphatic rings. The standard InChI is InChI=1S/C16H25NO4/c1-12(10-20-2)21-11-13(18)9-17-8-7-16(19)14-5-3-4-6-15(14)17/h3-6,12-13,16,18-19H,7-11H2,1-2H3. The van der Waals surface area contributed by atoms with Crippen molar-refractivity contribution < 1.29 is 19.7 Å². The number of para-hydroxylation sites is 1. The Morgan fingerprint density at radius 3 is 2.86 bits per heavy atom. The number of aliphatic hydroxyl groups excluding tert-OH is 2. The molecular weight excluding hydrogens is 270 g/mol. The van der Waals surface area contributed by atoms with Crippen LogP contribution in [0.2, 0.25) is 0 Å². The lowest BCUT2D eigenvalue weighted by atomic mass is 9.98. The topological polar surface area (TPSA) is 62.2 Å². The van der Waals surface area contributed by atoms with E-state index in [1.165, 1.54) is 0 Å². The number of hydrogen-bond acceptors (Lipinski definition) is 5. The molecule has 1 heterocycles. The fraction of sp³-hybridized carbons (Fsp3) is 0.625. The van der Waals surface area contributed by atoms with E-state index < -0.39 is 12.2 Å². The van der Waals surface area contributed by atoms with E-state index >= 15 is 0 Å². The lowest BCUT2D eigenvalue weighted by Crippen LogP contribution is -2.39. The summed E-state index contributed by atoms with van der Waals surface area (Å²) in [4.78, 5) is 2.11. The number of ether oxygens (including phenoxy) is 2. The number of nitrogens with zero attached hydrogens (tertiary/aromatic N) is 1. The van der Waals surface area contributed by atoms with E-state index in [-0.39, 0.29) is 12.7 Å². The highest BCUT2D eigenvalue weighted by atomic mass is 16.5. The van der Waals surface area contributed by atoms with Crippen LogP contribution >= 0.6 is 0 Å². The Hall–Kier alpha value is -1.14. The molecule has 0 aliphatic carbocycles. The molecule has 3 atom stereocenters. The van der Waals surface area contributed by atoms with Gasteiger partial charge in [-0.2, -0.15) is 0 Å². The maximum atomic E-state index is 10.1. The molecule has 0 fully saturated rings. The molecule has 0 spiro atoms. The van der Waals surface area contributed by atoms with Gasteiger partial charge in [0.05, 0.1) is 31.5 Å². The van der Waals surface area contributed by atoms with Crippen molar-refractivity contribution in [3.63, 3.8) is 0 Å². The van der Waals surface area contributed by atoms with Crippen molar-refractivity contribution in [1.82, 2.24) is 0 Å². The molecule has 5 nitrogen and oxygen atoms in total. The Morgan fingerprint density at radius 1 is 1.33 bits per heavy atom. The van der Waals surface area contributed by atoms with Crippen molar-refractivity contribution in [2.45, 2.75) is 31.7 Å². The second-order valence-electron chi connectivity index (χ2n) is 5.56. The number of fused-ring (bicyclic) bond motifs is 1. The van der Waals surface area contributed by atoms with Crippen LogP contribution in [0.25, 0.3) is 0 Å². The van der Waals surface area contributed by atoms with E-state index in [0.717, 1.165) is 17.8 Å². The third-order valence-electron chi connectivity index (χ3n) is 3.71. The molecule has 2 rings (SSSR count). The summed E-state index contributed by atoms with van der Waals surface area (Å²) in [6.07, 6.45) is -0.315. The summed E-state index contributed by atoms with van der Waals surface area (Å²) >= 11 is 0. The van der Waals surface area contributed by atoms with E-state index in [9.17, 15) is 10.2 Å². The fourth-order valence-electron chi connectivity index (χ4n) is 2.67. The Kier molecular flexibility index (Phi) is 5.99. The highest BCUT2D eigenvalue weighted by Crippen LogP contribution is 2.33. The van der Waals surface area contributed by atoms with Gasteiger partial charge in [0, 0.05) is 31.5 Å². The van der Waals surface area contributed by atoms with Crippen LogP contribution in [0.15, 0.2) is 24.3 Å². The van der Waals surface area contributed by atoms with Gasteiger partial charge in [0.25, 0.3) is 0 Å². The third-order valence-corrected chi connectivity index (χ3v) is 3.71. The number of aliphatic hydroxyl groups is 2. The second kappa shape index (κ2) is 7.75. The van der Waals surface area contributed by atoms with E-state index in [2.05, 4.69) is 4.90 Å². The van der Waals surface area contributed by atoms with Gasteiger partial charge < -0.3 is 24.6 Å². The Bertz CT molecular complexity index is 440. The highest BCUT2D eigenvalue weighted by molar-refractivity contribution is 5.56. The van der Waals surface area contributed by atoms with Crippen molar-refractivity contribution >= 4 is 5.69 Å². The minimum Gasteiger partial charge on any atom is -0.389 e. The maximum absolute atomic E-state index is 10.1. The third kappa shape index (κ3) is 4.41. The summed E-state index contributed by atoms with van der Waals surface area (Å²) in [7, 11) is 1.63. The zero-order valence-corrected chi connectivity index (χ0v) is 12.7. The van der Waals surface area contributed by atoms with Gasteiger partial charge in [-0.25, -0.2) is 0 Å². The van der Waals surface area contributed by atoms with Gasteiger partial charge in [-0.1, -0.05) is 18.2 Å². The number of rotatable bonds is 7. The van der Waals surface area contributed by atoms with Gasteiger partial charge in [0.1, 0.15) is 0 Å². The van der Waals surface area contributed by atoms with E-state index in [0.29, 0.717) is 19.6 Å². The lowest BCUT2D eigenvalue weighted by Gasteiger charge is -2.35. The monoisotopic (exact) mass is 295 g/mol. The first-order valence-corrected chi connectivity index (χ1v) is 7.42. The predicted octanol–water partition coefficient (Wildman–Crippen LogP) is 1.34. The van der Waals surface area contributed by atoms with Crippen LogP contribution in [0.4, 0.5) is 5.69 Å². The largest absolute Gasteiger partial charge is 0.389 e. The van der Waals surface area contributed by atoms with E-state index in [1.54, 1.807) is 7.11 Å². The van der Waals surface area contributed by atoms with Crippen molar-refractivity contribution in [2.75, 3.05) is 38.3 Å². The van der Waals surface area contributed by atoms with Crippen molar-refractivity contribution in [3.05, 3.63) is 29.8 Å². The first-order chi connectivity index (χ1) is 10.1. The Morgan fingerprint density at radius 2 is 2.10 bits per heavy atom. The fourth-order valence-corrected chi connectivity index (χ4v) is 2.67. The molecule has 1 aromatic carbocycles. The van der Waals surface area contributed by atoms with Crippen LogP contribution in [0.3, 0.4) is 0 Å². The molecule has 118 valence electrons. The summed E-state index contributed by atoms with van der Waals surface area (Å²) in [6, 6.07) is 7.81. The highest BCUT2D eigenvalue weighted by Gasteiger charge is 2.24. The van der Waals surface area contributed by atoms with Gasteiger partial charge in [0.15, 0.2) is 0 Å². The van der Waals surface area contributed by atoms with Crippen LogP contribution in [-0.2, 0) is 9.47 Å². The lowest BCUT2D eigenvalue weighted by molar-refractivity contribution is -0.0297. The molecule has 3 unspecified atom stereocenters. The van der Waals surface area contributed by atoms with Crippen molar-refractivity contribution in [2.24, 2.45) is 0 Å². The van der Waals surface area contributed by atoms with Crippen LogP contribution in [0, 0.1) is 0 Å². The SMILES string of the molecule is COCC(C)OCC(O)CN1CCC(O)c2ccccc21. The average Bonchev–Trinajstić information content (AvgIpc) is 2.49. The molecule has 0 bridgehead atoms. The van der Waals surface area contributed by atoms with Crippen LogP contribution in [-0.4, -0.2) is 55.8 Å². The Balaban J connectivity index is 1.90. The van der Waals surface area contributed by atoms with Gasteiger partial charge in [-0.15, -0.1) is 0 Å². The number of anilines is 1. The zero-order chi connectivity index (χ0) is 15.2. The van der Waals surface area contributed by atoms with Gasteiger partial charge in [-0.3, -0.25) is 0 Å². The van der Waals surface area contributed by atoms with Crippen LogP contribution < -0.4 is 4.90 Å². The molecule has 0 aromatic heterocycles. The molecule has 0 saturated heterocycles. The number of β-amino-alcohol motifs (C(OH)–C–C–N with tert-alkyl or cyclic N) is 1. The summed E-state index contributed by atoms with van der Waals surface area (Å²) in [5, 5.41) is 20.2. The molecular formula is C16H25NO4. The molecule has 0 saturated carbocycles. The molecule has 0 amide bonds. The maximum Gasteiger partial charge on any atom is 0.0948 e. The summed E-state index contributed by atoms with van der Waals surface area (Å²) < 4.78 is 10.5. The van der Waals surface area contributed by atoms with Crippen molar-refractivity contribution in [3.8, 4) is 0 Å². The van der Waals surface area contributed by atoms with Gasteiger partial charge in [0.2, 0.25) is 0 Å². The Labute approximate surface area is 126 Å². The summed E-state index contributed by atoms with van der Waals surface area (Å²) in [5.74, 6) is 0. The molecule has 2 N–H and O–H groups in total. The second-order valence-corrected chi connectivity index (χ2v) is 5.56. The van der Waals surface area contributed by atoms with Crippen LogP contribution in [0.5, 0.6) is 0 Å². The molecule has 1 aliphatic heterocycles.